The fraction of sp³-hybridized carbons (Fsp3) is 0.100. The van der Waals surface area contributed by atoms with Gasteiger partial charge < -0.3 is 0 Å². The van der Waals surface area contributed by atoms with E-state index in [1.165, 1.54) is 38.9 Å². The summed E-state index contributed by atoms with van der Waals surface area (Å²) < 4.78 is 0. The Morgan fingerprint density at radius 3 is 2.20 bits per heavy atom. The fourth-order valence-corrected chi connectivity index (χ4v) is 3.19. The third kappa shape index (κ3) is 1.69. The third-order valence-electron chi connectivity index (χ3n) is 4.25. The van der Waals surface area contributed by atoms with E-state index in [0.717, 1.165) is 6.42 Å². The van der Waals surface area contributed by atoms with Gasteiger partial charge in [-0.2, -0.15) is 0 Å². The van der Waals surface area contributed by atoms with Crippen molar-refractivity contribution in [3.05, 3.63) is 83.4 Å². The highest BCUT2D eigenvalue weighted by atomic mass is 14.2. The first kappa shape index (κ1) is 11.5. The molecule has 3 aromatic carbocycles. The van der Waals surface area contributed by atoms with E-state index in [0.29, 0.717) is 0 Å². The summed E-state index contributed by atoms with van der Waals surface area (Å²) in [7, 11) is 0. The monoisotopic (exact) mass is 256 g/mol. The van der Waals surface area contributed by atoms with Gasteiger partial charge in [0.05, 0.1) is 0 Å². The molecule has 0 atom stereocenters. The Morgan fingerprint density at radius 1 is 0.650 bits per heavy atom. The van der Waals surface area contributed by atoms with Crippen LogP contribution in [0.4, 0.5) is 0 Å². The Kier molecular flexibility index (Phi) is 2.50. The van der Waals surface area contributed by atoms with Crippen LogP contribution in [0.1, 0.15) is 16.7 Å². The van der Waals surface area contributed by atoms with Gasteiger partial charge >= 0.3 is 0 Å². The van der Waals surface area contributed by atoms with Crippen LogP contribution in [0.2, 0.25) is 0 Å². The van der Waals surface area contributed by atoms with Crippen molar-refractivity contribution in [2.45, 2.75) is 13.3 Å². The van der Waals surface area contributed by atoms with Gasteiger partial charge in [0.15, 0.2) is 0 Å². The molecule has 1 aliphatic carbocycles. The Hall–Kier alpha value is -2.34. The average molecular weight is 256 g/mol. The number of benzene rings is 3. The molecule has 0 nitrogen and oxygen atoms in total. The van der Waals surface area contributed by atoms with Gasteiger partial charge in [-0.3, -0.25) is 0 Å². The van der Waals surface area contributed by atoms with Crippen molar-refractivity contribution < 1.29 is 0 Å². The first-order valence-electron chi connectivity index (χ1n) is 7.10. The molecule has 0 aliphatic heterocycles. The highest BCUT2D eigenvalue weighted by Crippen LogP contribution is 2.39. The molecule has 0 fully saturated rings. The maximum atomic E-state index is 2.35. The molecule has 0 aromatic heterocycles. The number of rotatable bonds is 1. The molecule has 0 saturated heterocycles. The first-order valence-corrected chi connectivity index (χ1v) is 7.10. The molecule has 4 rings (SSSR count). The molecule has 20 heavy (non-hydrogen) atoms. The van der Waals surface area contributed by atoms with Gasteiger partial charge in [-0.05, 0) is 58.4 Å². The zero-order chi connectivity index (χ0) is 13.5. The van der Waals surface area contributed by atoms with Gasteiger partial charge in [-0.25, -0.2) is 0 Å². The van der Waals surface area contributed by atoms with Crippen molar-refractivity contribution in [2.75, 3.05) is 0 Å². The van der Waals surface area contributed by atoms with Crippen LogP contribution in [0.15, 0.2) is 66.7 Å². The molecule has 96 valence electrons. The molecule has 3 aromatic rings. The molecule has 0 radical (unpaired) electrons. The normalized spacial score (nSPS) is 12.1. The van der Waals surface area contributed by atoms with Gasteiger partial charge in [0, 0.05) is 0 Å². The van der Waals surface area contributed by atoms with Crippen LogP contribution in [-0.4, -0.2) is 0 Å². The lowest BCUT2D eigenvalue weighted by Gasteiger charge is -2.08. The Morgan fingerprint density at radius 2 is 1.35 bits per heavy atom. The lowest BCUT2D eigenvalue weighted by molar-refractivity contribution is 1.26. The van der Waals surface area contributed by atoms with Crippen molar-refractivity contribution in [3.8, 4) is 22.3 Å². The van der Waals surface area contributed by atoms with Gasteiger partial charge in [0.1, 0.15) is 0 Å². The van der Waals surface area contributed by atoms with Crippen LogP contribution < -0.4 is 0 Å². The average Bonchev–Trinajstić information content (AvgIpc) is 2.85. The molecule has 0 spiro atoms. The standard InChI is InChI=1S/C20H16/c1-14-6-2-4-8-18(14)17-11-10-16-12-15-7-3-5-9-19(15)20(16)13-17/h2-11,13H,12H2,1H3. The summed E-state index contributed by atoms with van der Waals surface area (Å²) in [5, 5.41) is 0. The van der Waals surface area contributed by atoms with Gasteiger partial charge in [0.2, 0.25) is 0 Å². The molecular weight excluding hydrogens is 240 g/mol. The minimum absolute atomic E-state index is 1.07. The smallest absolute Gasteiger partial charge is 0.00134 e. The quantitative estimate of drug-likeness (QED) is 0.437. The summed E-state index contributed by atoms with van der Waals surface area (Å²) in [5.74, 6) is 0. The van der Waals surface area contributed by atoms with Crippen LogP contribution >= 0.6 is 0 Å². The minimum atomic E-state index is 1.07. The minimum Gasteiger partial charge on any atom is -0.0620 e. The van der Waals surface area contributed by atoms with E-state index in [2.05, 4.69) is 73.7 Å². The molecular formula is C20H16. The highest BCUT2D eigenvalue weighted by Gasteiger charge is 2.18. The molecule has 0 heteroatoms. The van der Waals surface area contributed by atoms with Gasteiger partial charge in [-0.1, -0.05) is 60.7 Å². The van der Waals surface area contributed by atoms with Crippen molar-refractivity contribution in [1.29, 1.82) is 0 Å². The molecule has 0 N–H and O–H groups in total. The van der Waals surface area contributed by atoms with E-state index in [9.17, 15) is 0 Å². The van der Waals surface area contributed by atoms with Crippen molar-refractivity contribution >= 4 is 0 Å². The molecule has 0 unspecified atom stereocenters. The van der Waals surface area contributed by atoms with Crippen LogP contribution in [0, 0.1) is 6.92 Å². The second-order valence-corrected chi connectivity index (χ2v) is 5.52. The van der Waals surface area contributed by atoms with E-state index in [1.54, 1.807) is 0 Å². The fourth-order valence-electron chi connectivity index (χ4n) is 3.19. The predicted octanol–water partition coefficient (Wildman–Crippen LogP) is 5.23. The summed E-state index contributed by atoms with van der Waals surface area (Å²) in [4.78, 5) is 0. The number of hydrogen-bond acceptors (Lipinski definition) is 0. The summed E-state index contributed by atoms with van der Waals surface area (Å²) >= 11 is 0. The molecule has 0 saturated carbocycles. The summed E-state index contributed by atoms with van der Waals surface area (Å²) in [6.07, 6.45) is 1.07. The van der Waals surface area contributed by atoms with Crippen molar-refractivity contribution in [2.24, 2.45) is 0 Å². The van der Waals surface area contributed by atoms with Gasteiger partial charge in [0.25, 0.3) is 0 Å². The van der Waals surface area contributed by atoms with Crippen LogP contribution in [0.5, 0.6) is 0 Å². The topological polar surface area (TPSA) is 0 Å². The summed E-state index contributed by atoms with van der Waals surface area (Å²) in [6, 6.07) is 24.2. The highest BCUT2D eigenvalue weighted by molar-refractivity contribution is 5.82. The van der Waals surface area contributed by atoms with E-state index in [-0.39, 0.29) is 0 Å². The maximum Gasteiger partial charge on any atom is -0.00134 e. The van der Waals surface area contributed by atoms with Crippen LogP contribution in [-0.2, 0) is 6.42 Å². The van der Waals surface area contributed by atoms with Gasteiger partial charge in [-0.15, -0.1) is 0 Å². The predicted molar refractivity (Wildman–Crippen MR) is 84.9 cm³/mol. The summed E-state index contributed by atoms with van der Waals surface area (Å²) in [6.45, 7) is 2.18. The second-order valence-electron chi connectivity index (χ2n) is 5.52. The van der Waals surface area contributed by atoms with E-state index < -0.39 is 0 Å². The van der Waals surface area contributed by atoms with E-state index in [1.807, 2.05) is 0 Å². The lowest BCUT2D eigenvalue weighted by atomic mass is 9.96. The molecule has 0 bridgehead atoms. The first-order chi connectivity index (χ1) is 9.83. The maximum absolute atomic E-state index is 2.35. The Bertz CT molecular complexity index is 797. The largest absolute Gasteiger partial charge is 0.0620 e. The lowest BCUT2D eigenvalue weighted by Crippen LogP contribution is -1.85. The molecule has 0 heterocycles. The SMILES string of the molecule is Cc1ccccc1-c1ccc2c(c1)-c1ccccc1C2. The zero-order valence-electron chi connectivity index (χ0n) is 11.6. The van der Waals surface area contributed by atoms with Crippen molar-refractivity contribution in [3.63, 3.8) is 0 Å². The van der Waals surface area contributed by atoms with Crippen molar-refractivity contribution in [1.82, 2.24) is 0 Å². The Balaban J connectivity index is 1.90. The van der Waals surface area contributed by atoms with Crippen LogP contribution in [0.3, 0.4) is 0 Å². The zero-order valence-corrected chi connectivity index (χ0v) is 11.6. The Labute approximate surface area is 119 Å². The van der Waals surface area contributed by atoms with Crippen LogP contribution in [0.25, 0.3) is 22.3 Å². The van der Waals surface area contributed by atoms with E-state index >= 15 is 0 Å². The molecule has 0 amide bonds. The number of hydrogen-bond donors (Lipinski definition) is 0. The molecule has 1 aliphatic rings. The summed E-state index contributed by atoms with van der Waals surface area (Å²) in [5.41, 5.74) is 9.68. The number of fused-ring (bicyclic) bond motifs is 3. The number of aryl methyl sites for hydroxylation is 1. The third-order valence-corrected chi connectivity index (χ3v) is 4.25. The van der Waals surface area contributed by atoms with E-state index in [4.69, 9.17) is 0 Å². The second kappa shape index (κ2) is 4.35.